The molecule has 1 aliphatic rings. The first-order valence-corrected chi connectivity index (χ1v) is 12.8. The molecule has 1 aromatic heterocycles. The Kier molecular flexibility index (Phi) is 6.61. The molecule has 4 rings (SSSR count). The Morgan fingerprint density at radius 3 is 2.14 bits per heavy atom. The molecule has 186 valence electrons. The fourth-order valence-electron chi connectivity index (χ4n) is 5.63. The van der Waals surface area contributed by atoms with Crippen molar-refractivity contribution in [3.05, 3.63) is 76.0 Å². The molecule has 0 bridgehead atoms. The number of amides is 1. The van der Waals surface area contributed by atoms with Gasteiger partial charge < -0.3 is 15.0 Å². The van der Waals surface area contributed by atoms with Crippen molar-refractivity contribution in [2.75, 3.05) is 7.11 Å². The number of benzene rings is 2. The topological polar surface area (TPSA) is 57.2 Å². The number of ether oxygens (including phenoxy) is 1. The molecule has 0 radical (unpaired) electrons. The van der Waals surface area contributed by atoms with Crippen molar-refractivity contribution in [1.82, 2.24) is 4.57 Å². The third kappa shape index (κ3) is 4.63. The predicted octanol–water partition coefficient (Wildman–Crippen LogP) is 6.73. The lowest BCUT2D eigenvalue weighted by atomic mass is 9.62. The van der Waals surface area contributed by atoms with Crippen molar-refractivity contribution < 1.29 is 9.53 Å². The number of carbonyl (C=O) groups is 1. The predicted molar refractivity (Wildman–Crippen MR) is 144 cm³/mol. The summed E-state index contributed by atoms with van der Waals surface area (Å²) < 4.78 is 7.59. The number of rotatable bonds is 7. The second kappa shape index (κ2) is 9.22. The standard InChI is InChI=1S/C31H40N2O2/c1-8-22-17-26-27(31(5,6)15-14-30(26,3)4)18-25(22)28-19-24(29(32)34)20(2)33(28)16-13-21-9-11-23(35-7)12-10-21/h9-12,17-19H,8,13-16H2,1-7H3,(H2,32,34). The van der Waals surface area contributed by atoms with Crippen LogP contribution in [0, 0.1) is 6.92 Å². The molecule has 0 aliphatic heterocycles. The molecule has 0 unspecified atom stereocenters. The number of nitrogens with two attached hydrogens (primary N) is 1. The van der Waals surface area contributed by atoms with Crippen LogP contribution in [0.3, 0.4) is 0 Å². The van der Waals surface area contributed by atoms with Crippen LogP contribution in [0.15, 0.2) is 42.5 Å². The maximum atomic E-state index is 12.3. The molecule has 4 nitrogen and oxygen atoms in total. The fraction of sp³-hybridized carbons (Fsp3) is 0.452. The minimum Gasteiger partial charge on any atom is -0.497 e. The number of nitrogens with zero attached hydrogens (tertiary/aromatic N) is 1. The SMILES string of the molecule is CCc1cc2c(cc1-c1cc(C(N)=O)c(C)n1CCc1ccc(OC)cc1)C(C)(C)CCC2(C)C. The lowest BCUT2D eigenvalue weighted by Crippen LogP contribution is -2.34. The molecule has 2 N–H and O–H groups in total. The molecule has 0 fully saturated rings. The second-order valence-corrected chi connectivity index (χ2v) is 11.3. The second-order valence-electron chi connectivity index (χ2n) is 11.3. The Bertz CT molecular complexity index is 1250. The van der Waals surface area contributed by atoms with Gasteiger partial charge in [0.2, 0.25) is 0 Å². The molecular formula is C31H40N2O2. The third-order valence-electron chi connectivity index (χ3n) is 8.15. The van der Waals surface area contributed by atoms with Gasteiger partial charge in [-0.2, -0.15) is 0 Å². The Labute approximate surface area is 210 Å². The molecule has 0 saturated heterocycles. The Balaban J connectivity index is 1.84. The highest BCUT2D eigenvalue weighted by Gasteiger charge is 2.38. The fourth-order valence-corrected chi connectivity index (χ4v) is 5.63. The van der Waals surface area contributed by atoms with E-state index >= 15 is 0 Å². The van der Waals surface area contributed by atoms with Gasteiger partial charge in [0.1, 0.15) is 5.75 Å². The van der Waals surface area contributed by atoms with E-state index in [1.54, 1.807) is 7.11 Å². The summed E-state index contributed by atoms with van der Waals surface area (Å²) in [6.07, 6.45) is 4.16. The van der Waals surface area contributed by atoms with Crippen LogP contribution in [-0.2, 0) is 30.2 Å². The van der Waals surface area contributed by atoms with Gasteiger partial charge in [0.15, 0.2) is 0 Å². The quantitative estimate of drug-likeness (QED) is 0.415. The van der Waals surface area contributed by atoms with Crippen LogP contribution in [0.1, 0.15) is 85.8 Å². The first-order chi connectivity index (χ1) is 16.5. The molecule has 3 aromatic rings. The minimum atomic E-state index is -0.371. The van der Waals surface area contributed by atoms with Gasteiger partial charge in [0.05, 0.1) is 12.7 Å². The largest absolute Gasteiger partial charge is 0.497 e. The van der Waals surface area contributed by atoms with E-state index in [2.05, 4.69) is 63.5 Å². The molecule has 0 saturated carbocycles. The molecule has 0 spiro atoms. The number of primary amides is 1. The van der Waals surface area contributed by atoms with Crippen LogP contribution in [0.5, 0.6) is 5.75 Å². The molecule has 1 heterocycles. The number of carbonyl (C=O) groups excluding carboxylic acids is 1. The average molecular weight is 473 g/mol. The number of hydrogen-bond acceptors (Lipinski definition) is 2. The minimum absolute atomic E-state index is 0.119. The molecular weight excluding hydrogens is 432 g/mol. The van der Waals surface area contributed by atoms with Gasteiger partial charge in [-0.25, -0.2) is 0 Å². The zero-order chi connectivity index (χ0) is 25.5. The van der Waals surface area contributed by atoms with Crippen LogP contribution in [-0.4, -0.2) is 17.6 Å². The summed E-state index contributed by atoms with van der Waals surface area (Å²) in [5, 5.41) is 0. The van der Waals surface area contributed by atoms with Crippen molar-refractivity contribution in [1.29, 1.82) is 0 Å². The van der Waals surface area contributed by atoms with Gasteiger partial charge in [-0.3, -0.25) is 4.79 Å². The first kappa shape index (κ1) is 25.1. The van der Waals surface area contributed by atoms with Crippen molar-refractivity contribution in [3.63, 3.8) is 0 Å². The summed E-state index contributed by atoms with van der Waals surface area (Å²) in [5.74, 6) is 0.485. The molecule has 35 heavy (non-hydrogen) atoms. The summed E-state index contributed by atoms with van der Waals surface area (Å²) in [7, 11) is 1.68. The summed E-state index contributed by atoms with van der Waals surface area (Å²) >= 11 is 0. The molecule has 2 aromatic carbocycles. The van der Waals surface area contributed by atoms with Crippen LogP contribution < -0.4 is 10.5 Å². The van der Waals surface area contributed by atoms with Crippen molar-refractivity contribution in [3.8, 4) is 17.0 Å². The lowest BCUT2D eigenvalue weighted by molar-refractivity contribution is 0.0999. The summed E-state index contributed by atoms with van der Waals surface area (Å²) in [4.78, 5) is 12.3. The molecule has 1 amide bonds. The average Bonchev–Trinajstić information content (AvgIpc) is 3.16. The van der Waals surface area contributed by atoms with Gasteiger partial charge in [-0.05, 0) is 90.0 Å². The van der Waals surface area contributed by atoms with E-state index < -0.39 is 0 Å². The smallest absolute Gasteiger partial charge is 0.250 e. The van der Waals surface area contributed by atoms with Gasteiger partial charge in [-0.15, -0.1) is 0 Å². The Morgan fingerprint density at radius 1 is 1.00 bits per heavy atom. The van der Waals surface area contributed by atoms with Gasteiger partial charge >= 0.3 is 0 Å². The van der Waals surface area contributed by atoms with E-state index in [4.69, 9.17) is 10.5 Å². The van der Waals surface area contributed by atoms with Crippen LogP contribution >= 0.6 is 0 Å². The Morgan fingerprint density at radius 2 is 1.60 bits per heavy atom. The van der Waals surface area contributed by atoms with Crippen LogP contribution in [0.2, 0.25) is 0 Å². The summed E-state index contributed by atoms with van der Waals surface area (Å²) in [6.45, 7) is 14.5. The van der Waals surface area contributed by atoms with Gasteiger partial charge in [0, 0.05) is 23.5 Å². The molecule has 0 atom stereocenters. The van der Waals surface area contributed by atoms with E-state index in [-0.39, 0.29) is 16.7 Å². The van der Waals surface area contributed by atoms with E-state index in [1.807, 2.05) is 25.1 Å². The van der Waals surface area contributed by atoms with E-state index in [0.29, 0.717) is 5.56 Å². The summed E-state index contributed by atoms with van der Waals surface area (Å²) in [6, 6.07) is 15.1. The number of aryl methyl sites for hydroxylation is 2. The molecule has 1 aliphatic carbocycles. The number of methoxy groups -OCH3 is 1. The third-order valence-corrected chi connectivity index (χ3v) is 8.15. The Hall–Kier alpha value is -3.01. The monoisotopic (exact) mass is 472 g/mol. The number of hydrogen-bond donors (Lipinski definition) is 1. The van der Waals surface area contributed by atoms with Crippen LogP contribution in [0.25, 0.3) is 11.3 Å². The van der Waals surface area contributed by atoms with Crippen molar-refractivity contribution >= 4 is 5.91 Å². The van der Waals surface area contributed by atoms with Crippen molar-refractivity contribution in [2.45, 2.75) is 84.6 Å². The highest BCUT2D eigenvalue weighted by atomic mass is 16.5. The van der Waals surface area contributed by atoms with Crippen molar-refractivity contribution in [2.24, 2.45) is 5.73 Å². The van der Waals surface area contributed by atoms with E-state index in [0.717, 1.165) is 36.5 Å². The van der Waals surface area contributed by atoms with Gasteiger partial charge in [0.25, 0.3) is 5.91 Å². The van der Waals surface area contributed by atoms with E-state index in [9.17, 15) is 4.79 Å². The van der Waals surface area contributed by atoms with Crippen LogP contribution in [0.4, 0.5) is 0 Å². The number of fused-ring (bicyclic) bond motifs is 1. The highest BCUT2D eigenvalue weighted by molar-refractivity contribution is 5.96. The zero-order valence-electron chi connectivity index (χ0n) is 22.4. The van der Waals surface area contributed by atoms with Gasteiger partial charge in [-0.1, -0.05) is 52.8 Å². The maximum absolute atomic E-state index is 12.3. The zero-order valence-corrected chi connectivity index (χ0v) is 22.4. The lowest BCUT2D eigenvalue weighted by Gasteiger charge is -2.42. The normalized spacial score (nSPS) is 16.1. The first-order valence-electron chi connectivity index (χ1n) is 12.8. The molecule has 4 heteroatoms. The summed E-state index contributed by atoms with van der Waals surface area (Å²) in [5.41, 5.74) is 15.4. The highest BCUT2D eigenvalue weighted by Crippen LogP contribution is 2.48. The van der Waals surface area contributed by atoms with E-state index in [1.165, 1.54) is 40.7 Å². The number of aromatic nitrogens is 1. The maximum Gasteiger partial charge on any atom is 0.250 e.